The second-order valence-corrected chi connectivity index (χ2v) is 7.24. The average molecular weight is 399 g/mol. The smallest absolute Gasteiger partial charge is 0.259 e. The molecule has 1 N–H and O–H groups in total. The summed E-state index contributed by atoms with van der Waals surface area (Å²) in [7, 11) is 0. The Morgan fingerprint density at radius 3 is 2.07 bits per heavy atom. The summed E-state index contributed by atoms with van der Waals surface area (Å²) >= 11 is 0. The summed E-state index contributed by atoms with van der Waals surface area (Å²) < 4.78 is 5.77. The van der Waals surface area contributed by atoms with Crippen LogP contribution in [0.1, 0.15) is 25.0 Å². The highest BCUT2D eigenvalue weighted by Crippen LogP contribution is 2.19. The fourth-order valence-corrected chi connectivity index (χ4v) is 2.85. The van der Waals surface area contributed by atoms with E-state index < -0.39 is 5.91 Å². The van der Waals surface area contributed by atoms with Crippen LogP contribution < -0.4 is 10.1 Å². The van der Waals surface area contributed by atoms with E-state index in [1.165, 1.54) is 0 Å². The number of Topliss-reactive ketones (excluding diaryl/α,β-unsaturated/α-hetero) is 1. The van der Waals surface area contributed by atoms with E-state index in [2.05, 4.69) is 5.32 Å². The molecule has 3 aromatic rings. The molecule has 4 nitrogen and oxygen atoms in total. The molecular formula is C26H25NO3. The zero-order chi connectivity index (χ0) is 21.3. The zero-order valence-corrected chi connectivity index (χ0v) is 17.2. The minimum atomic E-state index is -0.421. The van der Waals surface area contributed by atoms with Crippen molar-refractivity contribution in [3.05, 3.63) is 102 Å². The van der Waals surface area contributed by atoms with Gasteiger partial charge >= 0.3 is 0 Å². The van der Waals surface area contributed by atoms with Crippen LogP contribution in [0.25, 0.3) is 6.08 Å². The van der Waals surface area contributed by atoms with Gasteiger partial charge in [-0.15, -0.1) is 0 Å². The van der Waals surface area contributed by atoms with Gasteiger partial charge in [0, 0.05) is 11.6 Å². The number of benzene rings is 3. The molecule has 0 spiro atoms. The molecule has 0 bridgehead atoms. The highest BCUT2D eigenvalue weighted by Gasteiger charge is 2.21. The Kier molecular flexibility index (Phi) is 7.17. The normalized spacial score (nSPS) is 11.2. The molecule has 0 atom stereocenters. The van der Waals surface area contributed by atoms with E-state index in [-0.39, 0.29) is 17.3 Å². The van der Waals surface area contributed by atoms with Crippen LogP contribution in [0, 0.1) is 5.92 Å². The SMILES string of the molecule is CC(C)C(=O)/C(=C/c1ccccc1)C(=O)Nc1ccc(OCc2ccccc2)cc1. The minimum absolute atomic E-state index is 0.139. The fourth-order valence-electron chi connectivity index (χ4n) is 2.85. The van der Waals surface area contributed by atoms with Gasteiger partial charge in [0.1, 0.15) is 12.4 Å². The van der Waals surface area contributed by atoms with Gasteiger partial charge < -0.3 is 10.1 Å². The van der Waals surface area contributed by atoms with Gasteiger partial charge in [-0.05, 0) is 41.5 Å². The Hall–Kier alpha value is -3.66. The predicted molar refractivity (Wildman–Crippen MR) is 120 cm³/mol. The largest absolute Gasteiger partial charge is 0.489 e. The van der Waals surface area contributed by atoms with Crippen molar-refractivity contribution in [2.45, 2.75) is 20.5 Å². The van der Waals surface area contributed by atoms with Crippen molar-refractivity contribution in [2.75, 3.05) is 5.32 Å². The first-order valence-corrected chi connectivity index (χ1v) is 9.92. The van der Waals surface area contributed by atoms with E-state index in [0.717, 1.165) is 11.1 Å². The lowest BCUT2D eigenvalue weighted by molar-refractivity contribution is -0.121. The second-order valence-electron chi connectivity index (χ2n) is 7.24. The van der Waals surface area contributed by atoms with Crippen molar-refractivity contribution in [3.8, 4) is 5.75 Å². The topological polar surface area (TPSA) is 55.4 Å². The minimum Gasteiger partial charge on any atom is -0.489 e. The molecular weight excluding hydrogens is 374 g/mol. The highest BCUT2D eigenvalue weighted by molar-refractivity contribution is 6.26. The number of hydrogen-bond donors (Lipinski definition) is 1. The Bertz CT molecular complexity index is 1010. The summed E-state index contributed by atoms with van der Waals surface area (Å²) in [4.78, 5) is 25.4. The summed E-state index contributed by atoms with van der Waals surface area (Å²) in [6.45, 7) is 4.04. The zero-order valence-electron chi connectivity index (χ0n) is 17.2. The fraction of sp³-hybridized carbons (Fsp3) is 0.154. The van der Waals surface area contributed by atoms with Crippen molar-refractivity contribution in [1.82, 2.24) is 0 Å². The van der Waals surface area contributed by atoms with Crippen LogP contribution in [0.4, 0.5) is 5.69 Å². The number of rotatable bonds is 8. The third kappa shape index (κ3) is 5.92. The van der Waals surface area contributed by atoms with Crippen molar-refractivity contribution in [3.63, 3.8) is 0 Å². The average Bonchev–Trinajstić information content (AvgIpc) is 2.78. The summed E-state index contributed by atoms with van der Waals surface area (Å²) in [5.74, 6) is -0.190. The number of anilines is 1. The first-order chi connectivity index (χ1) is 14.5. The molecule has 3 rings (SSSR count). The van der Waals surface area contributed by atoms with Crippen molar-refractivity contribution in [2.24, 2.45) is 5.92 Å². The van der Waals surface area contributed by atoms with E-state index in [1.807, 2.05) is 60.7 Å². The predicted octanol–water partition coefficient (Wildman–Crippen LogP) is 5.51. The molecule has 0 aliphatic rings. The molecule has 0 heterocycles. The van der Waals surface area contributed by atoms with Gasteiger partial charge in [-0.25, -0.2) is 0 Å². The lowest BCUT2D eigenvalue weighted by Crippen LogP contribution is -2.23. The van der Waals surface area contributed by atoms with Crippen LogP contribution >= 0.6 is 0 Å². The van der Waals surface area contributed by atoms with E-state index in [9.17, 15) is 9.59 Å². The molecule has 4 heteroatoms. The molecule has 1 amide bonds. The lowest BCUT2D eigenvalue weighted by Gasteiger charge is -2.12. The summed E-state index contributed by atoms with van der Waals surface area (Å²) in [6, 6.07) is 26.4. The quantitative estimate of drug-likeness (QED) is 0.309. The molecule has 0 fully saturated rings. The maximum absolute atomic E-state index is 12.8. The third-order valence-corrected chi connectivity index (χ3v) is 4.51. The molecule has 0 unspecified atom stereocenters. The second kappa shape index (κ2) is 10.2. The monoisotopic (exact) mass is 399 g/mol. The van der Waals surface area contributed by atoms with Gasteiger partial charge in [-0.3, -0.25) is 9.59 Å². The summed E-state index contributed by atoms with van der Waals surface area (Å²) in [5, 5.41) is 2.82. The summed E-state index contributed by atoms with van der Waals surface area (Å²) in [5.41, 5.74) is 2.63. The van der Waals surface area contributed by atoms with Crippen LogP contribution in [-0.2, 0) is 16.2 Å². The molecule has 0 saturated heterocycles. The van der Waals surface area contributed by atoms with Gasteiger partial charge in [-0.2, -0.15) is 0 Å². The highest BCUT2D eigenvalue weighted by atomic mass is 16.5. The Balaban J connectivity index is 1.69. The molecule has 0 aliphatic carbocycles. The van der Waals surface area contributed by atoms with Crippen LogP contribution in [0.15, 0.2) is 90.5 Å². The van der Waals surface area contributed by atoms with Crippen LogP contribution in [0.5, 0.6) is 5.75 Å². The summed E-state index contributed by atoms with van der Waals surface area (Å²) in [6.07, 6.45) is 1.63. The van der Waals surface area contributed by atoms with Gasteiger partial charge in [0.25, 0.3) is 5.91 Å². The molecule has 152 valence electrons. The number of carbonyl (C=O) groups excluding carboxylic acids is 2. The molecule has 0 aliphatic heterocycles. The van der Waals surface area contributed by atoms with E-state index in [0.29, 0.717) is 18.0 Å². The first kappa shape index (κ1) is 21.1. The Morgan fingerprint density at radius 1 is 0.867 bits per heavy atom. The third-order valence-electron chi connectivity index (χ3n) is 4.51. The van der Waals surface area contributed by atoms with Gasteiger partial charge in [0.05, 0.1) is 5.57 Å². The van der Waals surface area contributed by atoms with Gasteiger partial charge in [0.2, 0.25) is 0 Å². The van der Waals surface area contributed by atoms with E-state index in [4.69, 9.17) is 4.74 Å². The first-order valence-electron chi connectivity index (χ1n) is 9.92. The molecule has 3 aromatic carbocycles. The molecule has 0 radical (unpaired) electrons. The number of nitrogens with one attached hydrogen (secondary N) is 1. The standard InChI is InChI=1S/C26H25NO3/c1-19(2)25(28)24(17-20-9-5-3-6-10-20)26(29)27-22-13-15-23(16-14-22)30-18-21-11-7-4-8-12-21/h3-17,19H,18H2,1-2H3,(H,27,29)/b24-17-. The molecule has 30 heavy (non-hydrogen) atoms. The maximum Gasteiger partial charge on any atom is 0.259 e. The Morgan fingerprint density at radius 2 is 1.47 bits per heavy atom. The molecule has 0 saturated carbocycles. The van der Waals surface area contributed by atoms with Crippen LogP contribution in [0.2, 0.25) is 0 Å². The maximum atomic E-state index is 12.8. The van der Waals surface area contributed by atoms with Gasteiger partial charge in [-0.1, -0.05) is 74.5 Å². The molecule has 0 aromatic heterocycles. The van der Waals surface area contributed by atoms with Crippen molar-refractivity contribution in [1.29, 1.82) is 0 Å². The lowest BCUT2D eigenvalue weighted by atomic mass is 9.98. The van der Waals surface area contributed by atoms with Crippen molar-refractivity contribution < 1.29 is 14.3 Å². The Labute approximate surface area is 177 Å². The van der Waals surface area contributed by atoms with Crippen LogP contribution in [0.3, 0.4) is 0 Å². The number of ether oxygens (including phenoxy) is 1. The van der Waals surface area contributed by atoms with E-state index >= 15 is 0 Å². The number of amides is 1. The van der Waals surface area contributed by atoms with Crippen LogP contribution in [-0.4, -0.2) is 11.7 Å². The number of hydrogen-bond acceptors (Lipinski definition) is 3. The number of carbonyl (C=O) groups is 2. The van der Waals surface area contributed by atoms with Gasteiger partial charge in [0.15, 0.2) is 5.78 Å². The number of ketones is 1. The van der Waals surface area contributed by atoms with E-state index in [1.54, 1.807) is 44.2 Å². The van der Waals surface area contributed by atoms with Crippen molar-refractivity contribution >= 4 is 23.5 Å².